The van der Waals surface area contributed by atoms with Crippen molar-refractivity contribution in [2.24, 2.45) is 11.0 Å². The van der Waals surface area contributed by atoms with Gasteiger partial charge in [0.05, 0.1) is 21.7 Å². The second-order valence-electron chi connectivity index (χ2n) is 8.85. The molecule has 1 atom stereocenters. The first-order chi connectivity index (χ1) is 17.1. The molecule has 192 valence electrons. The van der Waals surface area contributed by atoms with Crippen molar-refractivity contribution in [1.82, 2.24) is 15.6 Å². The number of likely N-dealkylation sites (N-methyl/N-ethyl adjacent to an activating group) is 1. The van der Waals surface area contributed by atoms with Crippen LogP contribution in [-0.4, -0.2) is 67.1 Å². The molecule has 0 radical (unpaired) electrons. The largest absolute Gasteiger partial charge is 0.363 e. The average molecular weight is 535 g/mol. The number of amides is 2. The van der Waals surface area contributed by atoms with Gasteiger partial charge in [-0.05, 0) is 37.2 Å². The van der Waals surface area contributed by atoms with Gasteiger partial charge in [0.1, 0.15) is 11.7 Å². The topological polar surface area (TPSA) is 120 Å². The fourth-order valence-corrected chi connectivity index (χ4v) is 4.24. The van der Waals surface area contributed by atoms with E-state index in [2.05, 4.69) is 20.7 Å². The van der Waals surface area contributed by atoms with Crippen LogP contribution in [0, 0.1) is 16.0 Å². The zero-order chi connectivity index (χ0) is 26.4. The number of benzene rings is 2. The molecule has 12 heteroatoms. The number of piperazine rings is 1. The maximum Gasteiger partial charge on any atom is 0.293 e. The molecule has 10 nitrogen and oxygen atoms in total. The number of hydrogen-bond donors (Lipinski definition) is 2. The van der Waals surface area contributed by atoms with Crippen LogP contribution in [0.3, 0.4) is 0 Å². The van der Waals surface area contributed by atoms with E-state index in [-0.39, 0.29) is 22.2 Å². The second-order valence-corrected chi connectivity index (χ2v) is 9.69. The third kappa shape index (κ3) is 6.93. The first-order valence-corrected chi connectivity index (χ1v) is 12.1. The summed E-state index contributed by atoms with van der Waals surface area (Å²) in [4.78, 5) is 40.8. The van der Waals surface area contributed by atoms with E-state index in [9.17, 15) is 19.7 Å². The van der Waals surface area contributed by atoms with Gasteiger partial charge in [0.25, 0.3) is 17.5 Å². The lowest BCUT2D eigenvalue weighted by molar-refractivity contribution is -0.384. The number of halogens is 2. The molecule has 36 heavy (non-hydrogen) atoms. The van der Waals surface area contributed by atoms with Gasteiger partial charge in [0.15, 0.2) is 0 Å². The van der Waals surface area contributed by atoms with Gasteiger partial charge >= 0.3 is 0 Å². The Hall–Kier alpha value is -3.21. The number of carbonyl (C=O) groups is 2. The minimum Gasteiger partial charge on any atom is -0.363 e. The third-order valence-corrected chi connectivity index (χ3v) is 6.39. The van der Waals surface area contributed by atoms with E-state index in [1.165, 1.54) is 30.5 Å². The molecule has 1 aliphatic rings. The molecule has 1 saturated heterocycles. The molecule has 0 aromatic heterocycles. The summed E-state index contributed by atoms with van der Waals surface area (Å²) >= 11 is 12.0. The number of rotatable bonds is 8. The van der Waals surface area contributed by atoms with Crippen LogP contribution in [0.4, 0.5) is 11.4 Å². The van der Waals surface area contributed by atoms with Crippen LogP contribution in [0.1, 0.15) is 29.8 Å². The van der Waals surface area contributed by atoms with Gasteiger partial charge in [0.2, 0.25) is 0 Å². The smallest absolute Gasteiger partial charge is 0.293 e. The summed E-state index contributed by atoms with van der Waals surface area (Å²) in [5.74, 6) is -1.31. The number of carbonyl (C=O) groups excluding carboxylic acids is 2. The zero-order valence-electron chi connectivity index (χ0n) is 20.2. The molecular formula is C24H28Cl2N6O4. The number of nitro benzene ring substituents is 1. The lowest BCUT2D eigenvalue weighted by Gasteiger charge is -2.33. The van der Waals surface area contributed by atoms with Crippen molar-refractivity contribution in [1.29, 1.82) is 0 Å². The maximum atomic E-state index is 12.7. The van der Waals surface area contributed by atoms with Crippen molar-refractivity contribution in [3.63, 3.8) is 0 Å². The fraction of sp³-hybridized carbons (Fsp3) is 0.375. The molecule has 1 fully saturated rings. The summed E-state index contributed by atoms with van der Waals surface area (Å²) in [6.45, 7) is 6.60. The zero-order valence-corrected chi connectivity index (χ0v) is 21.7. The van der Waals surface area contributed by atoms with Crippen LogP contribution >= 0.6 is 23.2 Å². The van der Waals surface area contributed by atoms with Gasteiger partial charge in [-0.2, -0.15) is 5.10 Å². The lowest BCUT2D eigenvalue weighted by atomic mass is 10.0. The van der Waals surface area contributed by atoms with Crippen molar-refractivity contribution in [3.8, 4) is 0 Å². The summed E-state index contributed by atoms with van der Waals surface area (Å²) in [5, 5.41) is 18.9. The Bertz CT molecular complexity index is 1170. The van der Waals surface area contributed by atoms with Crippen LogP contribution in [-0.2, 0) is 4.79 Å². The number of nitrogens with zero attached hydrogens (tertiary/aromatic N) is 4. The second kappa shape index (κ2) is 12.2. The molecule has 1 aliphatic heterocycles. The predicted octanol–water partition coefficient (Wildman–Crippen LogP) is 3.56. The highest BCUT2D eigenvalue weighted by atomic mass is 35.5. The summed E-state index contributed by atoms with van der Waals surface area (Å²) < 4.78 is 0. The van der Waals surface area contributed by atoms with Crippen LogP contribution < -0.4 is 15.6 Å². The first-order valence-electron chi connectivity index (χ1n) is 11.4. The van der Waals surface area contributed by atoms with Crippen LogP contribution in [0.2, 0.25) is 10.0 Å². The monoisotopic (exact) mass is 534 g/mol. The Morgan fingerprint density at radius 2 is 1.81 bits per heavy atom. The van der Waals surface area contributed by atoms with Gasteiger partial charge in [-0.1, -0.05) is 43.1 Å². The maximum absolute atomic E-state index is 12.7. The number of anilines is 1. The van der Waals surface area contributed by atoms with Crippen molar-refractivity contribution in [2.75, 3.05) is 38.1 Å². The molecule has 0 saturated carbocycles. The SMILES string of the molecule is CC(C)C(NC(=O)c1ccc(Cl)cc1Cl)C(=O)NN=Cc1ccc(N2CCN(C)CC2)c([N+](=O)[O-])c1. The summed E-state index contributed by atoms with van der Waals surface area (Å²) in [5.41, 5.74) is 3.58. The molecule has 2 aromatic carbocycles. The van der Waals surface area contributed by atoms with Gasteiger partial charge in [-0.15, -0.1) is 0 Å². The number of nitrogens with one attached hydrogen (secondary N) is 2. The molecule has 0 spiro atoms. The van der Waals surface area contributed by atoms with Crippen LogP contribution in [0.5, 0.6) is 0 Å². The summed E-state index contributed by atoms with van der Waals surface area (Å²) in [6, 6.07) is 8.39. The quantitative estimate of drug-likeness (QED) is 0.303. The Balaban J connectivity index is 1.68. The standard InChI is InChI=1S/C24H28Cl2N6O4/c1-15(2)22(28-23(33)18-6-5-17(25)13-19(18)26)24(34)29-27-14-16-4-7-20(21(12-16)32(35)36)31-10-8-30(3)9-11-31/h4-7,12-15,22H,8-11H2,1-3H3,(H,28,33)(H,29,34). The van der Waals surface area contributed by atoms with Crippen molar-refractivity contribution < 1.29 is 14.5 Å². The molecule has 2 aromatic rings. The van der Waals surface area contributed by atoms with Gasteiger partial charge in [-0.3, -0.25) is 19.7 Å². The average Bonchev–Trinajstić information content (AvgIpc) is 2.82. The Morgan fingerprint density at radius 1 is 1.11 bits per heavy atom. The van der Waals surface area contributed by atoms with E-state index < -0.39 is 22.8 Å². The van der Waals surface area contributed by atoms with Crippen molar-refractivity contribution in [2.45, 2.75) is 19.9 Å². The van der Waals surface area contributed by atoms with E-state index in [0.717, 1.165) is 13.1 Å². The predicted molar refractivity (Wildman–Crippen MR) is 141 cm³/mol. The number of hydrazone groups is 1. The third-order valence-electron chi connectivity index (χ3n) is 5.84. The Morgan fingerprint density at radius 3 is 2.42 bits per heavy atom. The van der Waals surface area contributed by atoms with E-state index in [1.54, 1.807) is 26.0 Å². The number of hydrogen-bond acceptors (Lipinski definition) is 7. The normalized spacial score (nSPS) is 15.2. The summed E-state index contributed by atoms with van der Waals surface area (Å²) in [6.07, 6.45) is 1.33. The number of nitro groups is 1. The lowest BCUT2D eigenvalue weighted by Crippen LogP contribution is -2.48. The van der Waals surface area contributed by atoms with Gasteiger partial charge < -0.3 is 15.1 Å². The Labute approximate surface area is 219 Å². The Kier molecular flexibility index (Phi) is 9.25. The molecule has 3 rings (SSSR count). The highest BCUT2D eigenvalue weighted by Gasteiger charge is 2.26. The van der Waals surface area contributed by atoms with Crippen LogP contribution in [0.25, 0.3) is 0 Å². The molecule has 1 unspecified atom stereocenters. The van der Waals surface area contributed by atoms with Gasteiger partial charge in [0, 0.05) is 42.8 Å². The minimum absolute atomic E-state index is 0.0259. The van der Waals surface area contributed by atoms with E-state index in [0.29, 0.717) is 29.4 Å². The molecule has 2 amide bonds. The van der Waals surface area contributed by atoms with E-state index in [1.807, 2.05) is 11.9 Å². The minimum atomic E-state index is -0.893. The fourth-order valence-electron chi connectivity index (χ4n) is 3.75. The summed E-state index contributed by atoms with van der Waals surface area (Å²) in [7, 11) is 2.02. The van der Waals surface area contributed by atoms with Gasteiger partial charge in [-0.25, -0.2) is 5.43 Å². The van der Waals surface area contributed by atoms with Crippen molar-refractivity contribution in [3.05, 3.63) is 67.7 Å². The van der Waals surface area contributed by atoms with E-state index in [4.69, 9.17) is 23.2 Å². The first kappa shape index (κ1) is 27.4. The van der Waals surface area contributed by atoms with E-state index >= 15 is 0 Å². The molecule has 1 heterocycles. The van der Waals surface area contributed by atoms with Crippen molar-refractivity contribution >= 4 is 52.6 Å². The molecule has 0 bridgehead atoms. The highest BCUT2D eigenvalue weighted by Crippen LogP contribution is 2.29. The molecule has 2 N–H and O–H groups in total. The van der Waals surface area contributed by atoms with Crippen LogP contribution in [0.15, 0.2) is 41.5 Å². The highest BCUT2D eigenvalue weighted by molar-refractivity contribution is 6.36. The molecule has 0 aliphatic carbocycles. The molecular weight excluding hydrogens is 507 g/mol.